The molecule has 0 radical (unpaired) electrons. The van der Waals surface area contributed by atoms with E-state index in [1.165, 1.54) is 22.9 Å². The fraction of sp³-hybridized carbons (Fsp3) is 0.438. The molecule has 0 aliphatic rings. The Bertz CT molecular complexity index is 657. The first-order valence-corrected chi connectivity index (χ1v) is 8.61. The molecule has 0 bridgehead atoms. The molecule has 126 valence electrons. The van der Waals surface area contributed by atoms with Crippen molar-refractivity contribution in [3.05, 3.63) is 35.5 Å². The van der Waals surface area contributed by atoms with E-state index >= 15 is 0 Å². The van der Waals surface area contributed by atoms with Crippen molar-refractivity contribution >= 4 is 27.2 Å². The quantitative estimate of drug-likeness (QED) is 0.480. The highest BCUT2D eigenvalue weighted by Crippen LogP contribution is 2.29. The number of nitrogens with one attached hydrogen (secondary N) is 3. The number of hydrogen-bond acceptors (Lipinski definition) is 5. The number of anilines is 1. The van der Waals surface area contributed by atoms with Crippen molar-refractivity contribution in [1.82, 2.24) is 15.6 Å². The van der Waals surface area contributed by atoms with E-state index in [0.717, 1.165) is 19.4 Å². The SMILES string of the molecule is CCCCNC(C)N/C=C\CNc1c(F)cc2scnc2c1F. The number of hydrogen-bond donors (Lipinski definition) is 3. The fourth-order valence-corrected chi connectivity index (χ4v) is 2.78. The molecular weight excluding hydrogens is 318 g/mol. The minimum Gasteiger partial charge on any atom is -0.377 e. The van der Waals surface area contributed by atoms with E-state index in [-0.39, 0.29) is 17.4 Å². The van der Waals surface area contributed by atoms with Crippen LogP contribution < -0.4 is 16.0 Å². The fourth-order valence-electron chi connectivity index (χ4n) is 2.08. The van der Waals surface area contributed by atoms with E-state index < -0.39 is 11.6 Å². The Labute approximate surface area is 139 Å². The van der Waals surface area contributed by atoms with Crippen molar-refractivity contribution in [2.75, 3.05) is 18.4 Å². The standard InChI is InChI=1S/C16H22F2N4S/c1-3-4-6-19-11(2)20-7-5-8-21-15-12(17)9-13-16(14(15)18)22-10-23-13/h5,7,9-11,19-21H,3-4,6,8H2,1-2H3/b7-5-. The average Bonchev–Trinajstić information content (AvgIpc) is 2.98. The number of nitrogens with zero attached hydrogens (tertiary/aromatic N) is 1. The van der Waals surface area contributed by atoms with Crippen LogP contribution in [0.4, 0.5) is 14.5 Å². The lowest BCUT2D eigenvalue weighted by Crippen LogP contribution is -2.37. The summed E-state index contributed by atoms with van der Waals surface area (Å²) in [5, 5.41) is 9.23. The van der Waals surface area contributed by atoms with Crippen LogP contribution in [0.2, 0.25) is 0 Å². The van der Waals surface area contributed by atoms with Crippen LogP contribution in [0.3, 0.4) is 0 Å². The lowest BCUT2D eigenvalue weighted by molar-refractivity contribution is 0.496. The number of thiazole rings is 1. The molecule has 0 aliphatic heterocycles. The first kappa shape index (κ1) is 17.6. The molecule has 0 spiro atoms. The van der Waals surface area contributed by atoms with E-state index in [4.69, 9.17) is 0 Å². The Kier molecular flexibility index (Phi) is 6.73. The van der Waals surface area contributed by atoms with Crippen LogP contribution in [0.25, 0.3) is 10.2 Å². The molecule has 0 aliphatic carbocycles. The molecular formula is C16H22F2N4S. The minimum atomic E-state index is -0.641. The second-order valence-corrected chi connectivity index (χ2v) is 6.11. The third kappa shape index (κ3) is 4.87. The van der Waals surface area contributed by atoms with Gasteiger partial charge < -0.3 is 10.6 Å². The van der Waals surface area contributed by atoms with Crippen molar-refractivity contribution in [1.29, 1.82) is 0 Å². The molecule has 1 atom stereocenters. The molecule has 1 aromatic heterocycles. The van der Waals surface area contributed by atoms with Gasteiger partial charge in [-0.05, 0) is 38.2 Å². The summed E-state index contributed by atoms with van der Waals surface area (Å²) in [7, 11) is 0. The number of halogens is 2. The van der Waals surface area contributed by atoms with E-state index in [9.17, 15) is 8.78 Å². The van der Waals surface area contributed by atoms with Gasteiger partial charge in [-0.15, -0.1) is 11.3 Å². The van der Waals surface area contributed by atoms with Crippen LogP contribution in [-0.4, -0.2) is 24.2 Å². The van der Waals surface area contributed by atoms with Crippen molar-refractivity contribution in [2.45, 2.75) is 32.9 Å². The molecule has 23 heavy (non-hydrogen) atoms. The molecule has 7 heteroatoms. The lowest BCUT2D eigenvalue weighted by Gasteiger charge is -2.13. The average molecular weight is 340 g/mol. The van der Waals surface area contributed by atoms with Crippen LogP contribution in [0.5, 0.6) is 0 Å². The van der Waals surface area contributed by atoms with E-state index in [1.807, 2.05) is 6.92 Å². The number of fused-ring (bicyclic) bond motifs is 1. The summed E-state index contributed by atoms with van der Waals surface area (Å²) in [5.41, 5.74) is 1.57. The topological polar surface area (TPSA) is 49.0 Å². The molecule has 1 unspecified atom stereocenters. The summed E-state index contributed by atoms with van der Waals surface area (Å²) in [5.74, 6) is -1.24. The Morgan fingerprint density at radius 1 is 1.39 bits per heavy atom. The maximum absolute atomic E-state index is 14.2. The van der Waals surface area contributed by atoms with Crippen LogP contribution >= 0.6 is 11.3 Å². The van der Waals surface area contributed by atoms with Crippen molar-refractivity contribution < 1.29 is 8.78 Å². The summed E-state index contributed by atoms with van der Waals surface area (Å²) in [6.45, 7) is 5.44. The molecule has 1 heterocycles. The Morgan fingerprint density at radius 3 is 3.00 bits per heavy atom. The maximum atomic E-state index is 14.2. The summed E-state index contributed by atoms with van der Waals surface area (Å²) in [4.78, 5) is 3.92. The Hall–Kier alpha value is -1.73. The Balaban J connectivity index is 1.83. The molecule has 3 N–H and O–H groups in total. The molecule has 4 nitrogen and oxygen atoms in total. The predicted molar refractivity (Wildman–Crippen MR) is 92.7 cm³/mol. The van der Waals surface area contributed by atoms with Crippen LogP contribution in [0, 0.1) is 11.6 Å². The summed E-state index contributed by atoms with van der Waals surface area (Å²) in [6, 6.07) is 1.31. The minimum absolute atomic E-state index is 0.137. The molecule has 0 saturated heterocycles. The van der Waals surface area contributed by atoms with Crippen molar-refractivity contribution in [3.8, 4) is 0 Å². The van der Waals surface area contributed by atoms with Gasteiger partial charge in [0.2, 0.25) is 0 Å². The van der Waals surface area contributed by atoms with Crippen molar-refractivity contribution in [2.24, 2.45) is 0 Å². The van der Waals surface area contributed by atoms with Crippen molar-refractivity contribution in [3.63, 3.8) is 0 Å². The zero-order chi connectivity index (χ0) is 16.7. The normalized spacial score (nSPS) is 12.9. The molecule has 1 aromatic carbocycles. The van der Waals surface area contributed by atoms with Gasteiger partial charge in [-0.25, -0.2) is 13.8 Å². The van der Waals surface area contributed by atoms with Crippen LogP contribution in [-0.2, 0) is 0 Å². The predicted octanol–water partition coefficient (Wildman–Crippen LogP) is 3.83. The van der Waals surface area contributed by atoms with Gasteiger partial charge in [-0.3, -0.25) is 5.32 Å². The summed E-state index contributed by atoms with van der Waals surface area (Å²) in [6.07, 6.45) is 5.99. The second kappa shape index (κ2) is 8.79. The van der Waals surface area contributed by atoms with Gasteiger partial charge in [-0.2, -0.15) is 0 Å². The summed E-state index contributed by atoms with van der Waals surface area (Å²) < 4.78 is 28.6. The van der Waals surface area contributed by atoms with E-state index in [1.54, 1.807) is 12.3 Å². The zero-order valence-electron chi connectivity index (χ0n) is 13.3. The van der Waals surface area contributed by atoms with Gasteiger partial charge in [-0.1, -0.05) is 13.3 Å². The molecule has 0 fully saturated rings. The highest BCUT2D eigenvalue weighted by Gasteiger charge is 2.14. The van der Waals surface area contributed by atoms with Gasteiger partial charge in [0, 0.05) is 6.54 Å². The molecule has 0 amide bonds. The largest absolute Gasteiger partial charge is 0.377 e. The number of unbranched alkanes of at least 4 members (excludes halogenated alkanes) is 1. The summed E-state index contributed by atoms with van der Waals surface area (Å²) >= 11 is 1.22. The third-order valence-electron chi connectivity index (χ3n) is 3.36. The van der Waals surface area contributed by atoms with Gasteiger partial charge in [0.1, 0.15) is 11.2 Å². The zero-order valence-corrected chi connectivity index (χ0v) is 14.1. The lowest BCUT2D eigenvalue weighted by atomic mass is 10.2. The highest BCUT2D eigenvalue weighted by molar-refractivity contribution is 7.16. The van der Waals surface area contributed by atoms with Crippen LogP contribution in [0.15, 0.2) is 23.9 Å². The number of aromatic nitrogens is 1. The monoisotopic (exact) mass is 340 g/mol. The molecule has 2 rings (SSSR count). The van der Waals surface area contributed by atoms with Gasteiger partial charge >= 0.3 is 0 Å². The van der Waals surface area contributed by atoms with Gasteiger partial charge in [0.25, 0.3) is 0 Å². The first-order valence-electron chi connectivity index (χ1n) is 7.73. The second-order valence-electron chi connectivity index (χ2n) is 5.23. The smallest absolute Gasteiger partial charge is 0.176 e. The van der Waals surface area contributed by atoms with E-state index in [0.29, 0.717) is 11.2 Å². The highest BCUT2D eigenvalue weighted by atomic mass is 32.1. The number of rotatable bonds is 9. The molecule has 2 aromatic rings. The molecule has 0 saturated carbocycles. The first-order chi connectivity index (χ1) is 11.1. The number of benzene rings is 1. The maximum Gasteiger partial charge on any atom is 0.176 e. The third-order valence-corrected chi connectivity index (χ3v) is 4.14. The van der Waals surface area contributed by atoms with E-state index in [2.05, 4.69) is 27.9 Å². The Morgan fingerprint density at radius 2 is 2.22 bits per heavy atom. The van der Waals surface area contributed by atoms with Crippen LogP contribution in [0.1, 0.15) is 26.7 Å². The van der Waals surface area contributed by atoms with Gasteiger partial charge in [0.05, 0.1) is 16.4 Å². The van der Waals surface area contributed by atoms with Gasteiger partial charge in [0.15, 0.2) is 11.6 Å².